The highest BCUT2D eigenvalue weighted by Gasteiger charge is 2.22. The van der Waals surface area contributed by atoms with Crippen molar-refractivity contribution in [2.24, 2.45) is 0 Å². The molecule has 1 N–H and O–H groups in total. The van der Waals surface area contributed by atoms with Crippen LogP contribution in [-0.4, -0.2) is 13.1 Å². The molecule has 0 amide bonds. The Morgan fingerprint density at radius 2 is 1.75 bits per heavy atom. The lowest BCUT2D eigenvalue weighted by Gasteiger charge is -2.29. The van der Waals surface area contributed by atoms with Gasteiger partial charge in [0, 0.05) is 6.04 Å². The molecule has 0 aliphatic heterocycles. The summed E-state index contributed by atoms with van der Waals surface area (Å²) in [5.74, 6) is 0.768. The molecule has 1 aromatic carbocycles. The number of hydrogen-bond acceptors (Lipinski definition) is 1. The van der Waals surface area contributed by atoms with Crippen molar-refractivity contribution in [3.63, 3.8) is 0 Å². The zero-order chi connectivity index (χ0) is 11.5. The highest BCUT2D eigenvalue weighted by Crippen LogP contribution is 2.33. The molecule has 2 atom stereocenters. The molecule has 1 saturated carbocycles. The van der Waals surface area contributed by atoms with Gasteiger partial charge in [-0.15, -0.1) is 0 Å². The van der Waals surface area contributed by atoms with E-state index >= 15 is 0 Å². The second kappa shape index (κ2) is 5.01. The van der Waals surface area contributed by atoms with Crippen molar-refractivity contribution in [3.8, 4) is 0 Å². The van der Waals surface area contributed by atoms with Crippen LogP contribution in [0.1, 0.15) is 48.3 Å². The molecule has 0 radical (unpaired) electrons. The van der Waals surface area contributed by atoms with Gasteiger partial charge in [-0.05, 0) is 51.6 Å². The SMILES string of the molecule is CNC1CCCC(c2cc(C)cc(C)c2)C1. The predicted molar refractivity (Wildman–Crippen MR) is 70.0 cm³/mol. The largest absolute Gasteiger partial charge is 0.317 e. The quantitative estimate of drug-likeness (QED) is 0.799. The smallest absolute Gasteiger partial charge is 0.00698 e. The average Bonchev–Trinajstić information content (AvgIpc) is 2.28. The highest BCUT2D eigenvalue weighted by molar-refractivity contribution is 5.31. The van der Waals surface area contributed by atoms with Crippen LogP contribution in [0.5, 0.6) is 0 Å². The van der Waals surface area contributed by atoms with Crippen molar-refractivity contribution in [2.45, 2.75) is 51.5 Å². The molecule has 88 valence electrons. The van der Waals surface area contributed by atoms with Crippen LogP contribution in [0.25, 0.3) is 0 Å². The third kappa shape index (κ3) is 2.65. The van der Waals surface area contributed by atoms with Gasteiger partial charge in [-0.1, -0.05) is 35.7 Å². The Labute approximate surface area is 99.3 Å². The van der Waals surface area contributed by atoms with Crippen molar-refractivity contribution < 1.29 is 0 Å². The summed E-state index contributed by atoms with van der Waals surface area (Å²) in [6.45, 7) is 4.41. The first-order valence-corrected chi connectivity index (χ1v) is 6.44. The summed E-state index contributed by atoms with van der Waals surface area (Å²) in [6, 6.07) is 7.73. The van der Waals surface area contributed by atoms with Crippen LogP contribution in [0.15, 0.2) is 18.2 Å². The summed E-state index contributed by atoms with van der Waals surface area (Å²) >= 11 is 0. The predicted octanol–water partition coefficient (Wildman–Crippen LogP) is 3.55. The van der Waals surface area contributed by atoms with Crippen LogP contribution in [-0.2, 0) is 0 Å². The molecular formula is C15H23N. The van der Waals surface area contributed by atoms with Crippen LogP contribution >= 0.6 is 0 Å². The molecule has 1 fully saturated rings. The number of nitrogens with one attached hydrogen (secondary N) is 1. The van der Waals surface area contributed by atoms with Gasteiger partial charge >= 0.3 is 0 Å². The van der Waals surface area contributed by atoms with E-state index in [9.17, 15) is 0 Å². The molecule has 2 rings (SSSR count). The van der Waals surface area contributed by atoms with Gasteiger partial charge in [-0.2, -0.15) is 0 Å². The topological polar surface area (TPSA) is 12.0 Å². The number of aryl methyl sites for hydroxylation is 2. The Bertz CT molecular complexity index is 336. The third-order valence-corrected chi connectivity index (χ3v) is 3.80. The fraction of sp³-hybridized carbons (Fsp3) is 0.600. The van der Waals surface area contributed by atoms with Crippen LogP contribution < -0.4 is 5.32 Å². The first-order valence-electron chi connectivity index (χ1n) is 6.44. The summed E-state index contributed by atoms with van der Waals surface area (Å²) in [4.78, 5) is 0. The maximum atomic E-state index is 3.43. The molecule has 1 nitrogen and oxygen atoms in total. The van der Waals surface area contributed by atoms with Gasteiger partial charge in [0.15, 0.2) is 0 Å². The van der Waals surface area contributed by atoms with E-state index in [1.807, 2.05) is 0 Å². The Morgan fingerprint density at radius 3 is 2.38 bits per heavy atom. The summed E-state index contributed by atoms with van der Waals surface area (Å²) in [5, 5.41) is 3.43. The summed E-state index contributed by atoms with van der Waals surface area (Å²) in [7, 11) is 2.09. The molecule has 0 heterocycles. The molecule has 1 heteroatoms. The van der Waals surface area contributed by atoms with Gasteiger partial charge in [0.1, 0.15) is 0 Å². The van der Waals surface area contributed by atoms with Crippen molar-refractivity contribution in [2.75, 3.05) is 7.05 Å². The van der Waals surface area contributed by atoms with Gasteiger partial charge in [0.2, 0.25) is 0 Å². The first-order chi connectivity index (χ1) is 7.69. The van der Waals surface area contributed by atoms with Crippen LogP contribution in [0, 0.1) is 13.8 Å². The van der Waals surface area contributed by atoms with Gasteiger partial charge < -0.3 is 5.32 Å². The minimum absolute atomic E-state index is 0.722. The van der Waals surface area contributed by atoms with Crippen molar-refractivity contribution in [3.05, 3.63) is 34.9 Å². The van der Waals surface area contributed by atoms with E-state index in [1.165, 1.54) is 36.8 Å². The Hall–Kier alpha value is -0.820. The van der Waals surface area contributed by atoms with E-state index in [2.05, 4.69) is 44.4 Å². The van der Waals surface area contributed by atoms with Crippen molar-refractivity contribution >= 4 is 0 Å². The number of benzene rings is 1. The van der Waals surface area contributed by atoms with Crippen LogP contribution in [0.4, 0.5) is 0 Å². The van der Waals surface area contributed by atoms with E-state index in [0.29, 0.717) is 0 Å². The Morgan fingerprint density at radius 1 is 1.06 bits per heavy atom. The van der Waals surface area contributed by atoms with Crippen molar-refractivity contribution in [1.29, 1.82) is 0 Å². The lowest BCUT2D eigenvalue weighted by Crippen LogP contribution is -2.30. The molecule has 0 saturated heterocycles. The molecule has 0 bridgehead atoms. The van der Waals surface area contributed by atoms with Gasteiger partial charge in [0.25, 0.3) is 0 Å². The fourth-order valence-corrected chi connectivity index (χ4v) is 3.00. The summed E-state index contributed by atoms with van der Waals surface area (Å²) in [6.07, 6.45) is 5.38. The zero-order valence-electron chi connectivity index (χ0n) is 10.7. The first kappa shape index (κ1) is 11.7. The maximum absolute atomic E-state index is 3.43. The van der Waals surface area contributed by atoms with E-state index in [0.717, 1.165) is 12.0 Å². The van der Waals surface area contributed by atoms with Gasteiger partial charge in [-0.3, -0.25) is 0 Å². The molecule has 1 aliphatic rings. The lowest BCUT2D eigenvalue weighted by molar-refractivity contribution is 0.355. The second-order valence-corrected chi connectivity index (χ2v) is 5.27. The summed E-state index contributed by atoms with van der Waals surface area (Å²) in [5.41, 5.74) is 4.36. The molecule has 1 aromatic rings. The summed E-state index contributed by atoms with van der Waals surface area (Å²) < 4.78 is 0. The third-order valence-electron chi connectivity index (χ3n) is 3.80. The Kier molecular flexibility index (Phi) is 3.65. The molecular weight excluding hydrogens is 194 g/mol. The Balaban J connectivity index is 2.16. The zero-order valence-corrected chi connectivity index (χ0v) is 10.7. The van der Waals surface area contributed by atoms with Gasteiger partial charge in [-0.25, -0.2) is 0 Å². The minimum Gasteiger partial charge on any atom is -0.317 e. The fourth-order valence-electron chi connectivity index (χ4n) is 3.00. The van der Waals surface area contributed by atoms with E-state index in [4.69, 9.17) is 0 Å². The normalized spacial score (nSPS) is 25.7. The average molecular weight is 217 g/mol. The monoisotopic (exact) mass is 217 g/mol. The molecule has 2 unspecified atom stereocenters. The van der Waals surface area contributed by atoms with E-state index in [1.54, 1.807) is 5.56 Å². The van der Waals surface area contributed by atoms with Gasteiger partial charge in [0.05, 0.1) is 0 Å². The minimum atomic E-state index is 0.722. The second-order valence-electron chi connectivity index (χ2n) is 5.27. The lowest BCUT2D eigenvalue weighted by atomic mass is 9.80. The molecule has 0 aromatic heterocycles. The number of hydrogen-bond donors (Lipinski definition) is 1. The highest BCUT2D eigenvalue weighted by atomic mass is 14.9. The molecule has 1 aliphatic carbocycles. The van der Waals surface area contributed by atoms with E-state index < -0.39 is 0 Å². The molecule has 0 spiro atoms. The van der Waals surface area contributed by atoms with Crippen molar-refractivity contribution in [1.82, 2.24) is 5.32 Å². The van der Waals surface area contributed by atoms with Crippen LogP contribution in [0.3, 0.4) is 0 Å². The van der Waals surface area contributed by atoms with E-state index in [-0.39, 0.29) is 0 Å². The molecule has 16 heavy (non-hydrogen) atoms. The van der Waals surface area contributed by atoms with Crippen LogP contribution in [0.2, 0.25) is 0 Å². The number of rotatable bonds is 2. The maximum Gasteiger partial charge on any atom is 0.00698 e. The standard InChI is InChI=1S/C15H23N/c1-11-7-12(2)9-14(8-11)13-5-4-6-15(10-13)16-3/h7-9,13,15-16H,4-6,10H2,1-3H3.